The first-order valence-corrected chi connectivity index (χ1v) is 6.33. The van der Waals surface area contributed by atoms with Gasteiger partial charge >= 0.3 is 0 Å². The van der Waals surface area contributed by atoms with Gasteiger partial charge in [0.25, 0.3) is 0 Å². The zero-order valence-corrected chi connectivity index (χ0v) is 12.0. The second kappa shape index (κ2) is 6.10. The highest BCUT2D eigenvalue weighted by atomic mass is 19.1. The standard InChI is InChI=1S/C16H16F2O3/c1-9-6-12(14(18)8-13(9)17)16(19)11-5-4-10(20-2)7-15(11)21-3/h4-8,16,19H,1-3H3. The Morgan fingerprint density at radius 1 is 0.952 bits per heavy atom. The first-order valence-electron chi connectivity index (χ1n) is 6.33. The molecular weight excluding hydrogens is 278 g/mol. The van der Waals surface area contributed by atoms with Crippen LogP contribution in [0.4, 0.5) is 8.78 Å². The van der Waals surface area contributed by atoms with Crippen molar-refractivity contribution in [2.45, 2.75) is 13.0 Å². The second-order valence-electron chi connectivity index (χ2n) is 4.63. The average molecular weight is 294 g/mol. The maximum atomic E-state index is 13.9. The van der Waals surface area contributed by atoms with E-state index in [0.717, 1.165) is 6.07 Å². The molecule has 0 aliphatic carbocycles. The molecule has 0 aromatic heterocycles. The lowest BCUT2D eigenvalue weighted by Crippen LogP contribution is -2.06. The Balaban J connectivity index is 2.49. The van der Waals surface area contributed by atoms with Gasteiger partial charge in [-0.05, 0) is 30.7 Å². The van der Waals surface area contributed by atoms with Gasteiger partial charge in [-0.25, -0.2) is 8.78 Å². The van der Waals surface area contributed by atoms with Crippen LogP contribution in [0.25, 0.3) is 0 Å². The topological polar surface area (TPSA) is 38.7 Å². The van der Waals surface area contributed by atoms with Crippen molar-refractivity contribution in [2.75, 3.05) is 14.2 Å². The number of rotatable bonds is 4. The van der Waals surface area contributed by atoms with Gasteiger partial charge in [-0.3, -0.25) is 0 Å². The average Bonchev–Trinajstić information content (AvgIpc) is 2.49. The Morgan fingerprint density at radius 2 is 1.67 bits per heavy atom. The normalized spacial score (nSPS) is 12.1. The van der Waals surface area contributed by atoms with Crippen LogP contribution in [0.3, 0.4) is 0 Å². The van der Waals surface area contributed by atoms with Gasteiger partial charge in [0.15, 0.2) is 0 Å². The summed E-state index contributed by atoms with van der Waals surface area (Å²) in [4.78, 5) is 0. The van der Waals surface area contributed by atoms with Gasteiger partial charge in [-0.1, -0.05) is 0 Å². The molecule has 1 atom stereocenters. The van der Waals surface area contributed by atoms with E-state index in [1.807, 2.05) is 0 Å². The van der Waals surface area contributed by atoms with E-state index in [2.05, 4.69) is 0 Å². The largest absolute Gasteiger partial charge is 0.497 e. The van der Waals surface area contributed by atoms with Crippen molar-refractivity contribution in [3.05, 3.63) is 58.7 Å². The maximum Gasteiger partial charge on any atom is 0.132 e. The third kappa shape index (κ3) is 2.97. The van der Waals surface area contributed by atoms with Crippen LogP contribution in [0.1, 0.15) is 22.8 Å². The highest BCUT2D eigenvalue weighted by Gasteiger charge is 2.20. The molecule has 2 aromatic rings. The molecule has 1 unspecified atom stereocenters. The highest BCUT2D eigenvalue weighted by Crippen LogP contribution is 2.34. The molecule has 1 N–H and O–H groups in total. The number of hydrogen-bond donors (Lipinski definition) is 1. The summed E-state index contributed by atoms with van der Waals surface area (Å²) in [7, 11) is 2.95. The van der Waals surface area contributed by atoms with Crippen molar-refractivity contribution < 1.29 is 23.4 Å². The molecule has 0 spiro atoms. The summed E-state index contributed by atoms with van der Waals surface area (Å²) in [6.45, 7) is 1.51. The molecule has 0 bridgehead atoms. The number of aliphatic hydroxyl groups excluding tert-OH is 1. The number of aryl methyl sites for hydroxylation is 1. The minimum absolute atomic E-state index is 0.00244. The third-order valence-corrected chi connectivity index (χ3v) is 3.31. The van der Waals surface area contributed by atoms with Crippen molar-refractivity contribution in [1.29, 1.82) is 0 Å². The molecule has 0 aliphatic heterocycles. The van der Waals surface area contributed by atoms with E-state index in [4.69, 9.17) is 9.47 Å². The molecule has 21 heavy (non-hydrogen) atoms. The predicted octanol–water partition coefficient (Wildman–Crippen LogP) is 3.37. The molecule has 2 aromatic carbocycles. The second-order valence-corrected chi connectivity index (χ2v) is 4.63. The summed E-state index contributed by atoms with van der Waals surface area (Å²) < 4.78 is 37.4. The molecule has 112 valence electrons. The Labute approximate surface area is 121 Å². The minimum atomic E-state index is -1.26. The summed E-state index contributed by atoms with van der Waals surface area (Å²) in [5, 5.41) is 10.4. The van der Waals surface area contributed by atoms with Gasteiger partial charge in [0, 0.05) is 23.3 Å². The fraction of sp³-hybridized carbons (Fsp3) is 0.250. The number of aliphatic hydroxyl groups is 1. The SMILES string of the molecule is COc1ccc(C(O)c2cc(C)c(F)cc2F)c(OC)c1. The highest BCUT2D eigenvalue weighted by molar-refractivity contribution is 5.45. The van der Waals surface area contributed by atoms with Crippen LogP contribution in [0.15, 0.2) is 30.3 Å². The van der Waals surface area contributed by atoms with E-state index >= 15 is 0 Å². The maximum absolute atomic E-state index is 13.9. The molecule has 0 saturated carbocycles. The Hall–Kier alpha value is -2.14. The molecule has 0 amide bonds. The van der Waals surface area contributed by atoms with Gasteiger partial charge in [0.05, 0.1) is 14.2 Å². The van der Waals surface area contributed by atoms with Crippen molar-refractivity contribution in [2.24, 2.45) is 0 Å². The quantitative estimate of drug-likeness (QED) is 0.939. The summed E-state index contributed by atoms with van der Waals surface area (Å²) in [5.41, 5.74) is 0.638. The number of hydrogen-bond acceptors (Lipinski definition) is 3. The Bertz CT molecular complexity index is 656. The molecule has 0 fully saturated rings. The number of ether oxygens (including phenoxy) is 2. The number of halogens is 2. The lowest BCUT2D eigenvalue weighted by atomic mass is 9.98. The predicted molar refractivity (Wildman–Crippen MR) is 74.7 cm³/mol. The van der Waals surface area contributed by atoms with Crippen LogP contribution >= 0.6 is 0 Å². The molecule has 5 heteroatoms. The Kier molecular flexibility index (Phi) is 4.43. The molecule has 2 rings (SSSR count). The van der Waals surface area contributed by atoms with E-state index in [1.165, 1.54) is 27.2 Å². The van der Waals surface area contributed by atoms with Crippen LogP contribution in [-0.2, 0) is 0 Å². The molecule has 0 aliphatic rings. The van der Waals surface area contributed by atoms with Crippen LogP contribution in [0, 0.1) is 18.6 Å². The van der Waals surface area contributed by atoms with Crippen molar-refractivity contribution in [3.8, 4) is 11.5 Å². The van der Waals surface area contributed by atoms with Crippen LogP contribution in [0.2, 0.25) is 0 Å². The van der Waals surface area contributed by atoms with Crippen LogP contribution in [-0.4, -0.2) is 19.3 Å². The monoisotopic (exact) mass is 294 g/mol. The molecule has 3 nitrogen and oxygen atoms in total. The van der Waals surface area contributed by atoms with Crippen LogP contribution in [0.5, 0.6) is 11.5 Å². The van der Waals surface area contributed by atoms with E-state index < -0.39 is 17.7 Å². The van der Waals surface area contributed by atoms with Crippen molar-refractivity contribution >= 4 is 0 Å². The van der Waals surface area contributed by atoms with Crippen LogP contribution < -0.4 is 9.47 Å². The first-order chi connectivity index (χ1) is 9.97. The van der Waals surface area contributed by atoms with E-state index in [9.17, 15) is 13.9 Å². The van der Waals surface area contributed by atoms with Gasteiger partial charge in [-0.15, -0.1) is 0 Å². The number of methoxy groups -OCH3 is 2. The lowest BCUT2D eigenvalue weighted by Gasteiger charge is -2.17. The summed E-state index contributed by atoms with van der Waals surface area (Å²) >= 11 is 0. The lowest BCUT2D eigenvalue weighted by molar-refractivity contribution is 0.209. The zero-order chi connectivity index (χ0) is 15.6. The summed E-state index contributed by atoms with van der Waals surface area (Å²) in [6, 6.07) is 6.87. The minimum Gasteiger partial charge on any atom is -0.497 e. The van der Waals surface area contributed by atoms with Gasteiger partial charge in [-0.2, -0.15) is 0 Å². The summed E-state index contributed by atoms with van der Waals surface area (Å²) in [5.74, 6) is -0.532. The zero-order valence-electron chi connectivity index (χ0n) is 12.0. The van der Waals surface area contributed by atoms with Crippen molar-refractivity contribution in [3.63, 3.8) is 0 Å². The van der Waals surface area contributed by atoms with E-state index in [1.54, 1.807) is 18.2 Å². The van der Waals surface area contributed by atoms with Gasteiger partial charge in [0.2, 0.25) is 0 Å². The number of benzene rings is 2. The Morgan fingerprint density at radius 3 is 2.29 bits per heavy atom. The molecule has 0 saturated heterocycles. The fourth-order valence-electron chi connectivity index (χ4n) is 2.10. The smallest absolute Gasteiger partial charge is 0.132 e. The first kappa shape index (κ1) is 15.3. The van der Waals surface area contributed by atoms with Crippen molar-refractivity contribution in [1.82, 2.24) is 0 Å². The molecule has 0 radical (unpaired) electrons. The third-order valence-electron chi connectivity index (χ3n) is 3.31. The van der Waals surface area contributed by atoms with E-state index in [-0.39, 0.29) is 11.1 Å². The van der Waals surface area contributed by atoms with Gasteiger partial charge < -0.3 is 14.6 Å². The van der Waals surface area contributed by atoms with E-state index in [0.29, 0.717) is 17.1 Å². The molecule has 0 heterocycles. The summed E-state index contributed by atoms with van der Waals surface area (Å²) in [6.07, 6.45) is -1.26. The fourth-order valence-corrected chi connectivity index (χ4v) is 2.10. The van der Waals surface area contributed by atoms with Gasteiger partial charge in [0.1, 0.15) is 29.2 Å². The molecular formula is C16H16F2O3.